The highest BCUT2D eigenvalue weighted by Crippen LogP contribution is 2.32. The largest absolute Gasteiger partial charge is 0.302 e. The minimum Gasteiger partial charge on any atom is -0.302 e. The lowest BCUT2D eigenvalue weighted by molar-refractivity contribution is -0.120. The molecule has 2 aromatic carbocycles. The predicted octanol–water partition coefficient (Wildman–Crippen LogP) is 4.58. The van der Waals surface area contributed by atoms with E-state index in [4.69, 9.17) is 0 Å². The zero-order valence-electron chi connectivity index (χ0n) is 17.5. The molecular weight excluding hydrogens is 475 g/mol. The highest BCUT2D eigenvalue weighted by Gasteiger charge is 2.33. The third-order valence-corrected chi connectivity index (χ3v) is 8.28. The Hall–Kier alpha value is -2.76. The fraction of sp³-hybridized carbons (Fsp3) is 0.273. The Morgan fingerprint density at radius 2 is 1.73 bits per heavy atom. The molecule has 4 rings (SSSR count). The van der Waals surface area contributed by atoms with Gasteiger partial charge in [-0.3, -0.25) is 4.79 Å². The molecule has 0 radical (unpaired) electrons. The van der Waals surface area contributed by atoms with Crippen molar-refractivity contribution in [2.45, 2.75) is 24.7 Å². The van der Waals surface area contributed by atoms with E-state index >= 15 is 0 Å². The van der Waals surface area contributed by atoms with E-state index in [0.717, 1.165) is 22.6 Å². The van der Waals surface area contributed by atoms with E-state index in [1.54, 1.807) is 12.1 Å². The average Bonchev–Trinajstić information content (AvgIpc) is 3.16. The summed E-state index contributed by atoms with van der Waals surface area (Å²) in [6.45, 7) is 2.02. The monoisotopic (exact) mass is 495 g/mol. The van der Waals surface area contributed by atoms with Crippen molar-refractivity contribution < 1.29 is 26.4 Å². The highest BCUT2D eigenvalue weighted by atomic mass is 32.2. The number of aryl methyl sites for hydroxylation is 1. The molecule has 1 saturated heterocycles. The van der Waals surface area contributed by atoms with Crippen molar-refractivity contribution in [3.63, 3.8) is 0 Å². The summed E-state index contributed by atoms with van der Waals surface area (Å²) >= 11 is 1.30. The summed E-state index contributed by atoms with van der Waals surface area (Å²) in [5.41, 5.74) is 1.39. The van der Waals surface area contributed by atoms with Gasteiger partial charge in [0.15, 0.2) is 16.8 Å². The van der Waals surface area contributed by atoms with Gasteiger partial charge in [0.1, 0.15) is 5.82 Å². The van der Waals surface area contributed by atoms with Gasteiger partial charge in [-0.1, -0.05) is 0 Å². The number of carbonyl (C=O) groups is 1. The minimum absolute atomic E-state index is 0.0805. The van der Waals surface area contributed by atoms with E-state index in [2.05, 4.69) is 10.3 Å². The van der Waals surface area contributed by atoms with Crippen molar-refractivity contribution in [3.8, 4) is 11.3 Å². The standard InChI is InChI=1S/C22H20F3N3O3S2/c1-13-20(14-2-4-16(23)5-3-14)26-22(32-13)27-21(29)15-8-10-28(11-9-15)33(30,31)17-6-7-18(24)19(25)12-17/h2-7,12,15H,8-11H2,1H3,(H,26,27,29). The lowest BCUT2D eigenvalue weighted by Gasteiger charge is -2.30. The average molecular weight is 496 g/mol. The van der Waals surface area contributed by atoms with E-state index in [0.29, 0.717) is 16.9 Å². The second kappa shape index (κ2) is 9.24. The van der Waals surface area contributed by atoms with E-state index < -0.39 is 27.6 Å². The summed E-state index contributed by atoms with van der Waals surface area (Å²) in [6.07, 6.45) is 0.563. The third-order valence-electron chi connectivity index (χ3n) is 5.50. The van der Waals surface area contributed by atoms with Gasteiger partial charge in [-0.2, -0.15) is 4.31 Å². The first-order chi connectivity index (χ1) is 15.6. The maximum Gasteiger partial charge on any atom is 0.243 e. The predicted molar refractivity (Wildman–Crippen MR) is 119 cm³/mol. The van der Waals surface area contributed by atoms with Gasteiger partial charge in [0.05, 0.1) is 10.6 Å². The van der Waals surface area contributed by atoms with Crippen LogP contribution in [0.25, 0.3) is 11.3 Å². The van der Waals surface area contributed by atoms with Crippen LogP contribution in [-0.4, -0.2) is 36.7 Å². The molecule has 1 aliphatic rings. The molecule has 1 fully saturated rings. The molecular formula is C22H20F3N3O3S2. The lowest BCUT2D eigenvalue weighted by atomic mass is 9.97. The Balaban J connectivity index is 1.39. The summed E-state index contributed by atoms with van der Waals surface area (Å²) < 4.78 is 66.4. The molecule has 1 aliphatic heterocycles. The summed E-state index contributed by atoms with van der Waals surface area (Å²) in [7, 11) is -3.99. The van der Waals surface area contributed by atoms with E-state index in [1.807, 2.05) is 6.92 Å². The molecule has 1 aromatic heterocycles. The SMILES string of the molecule is Cc1sc(NC(=O)C2CCN(S(=O)(=O)c3ccc(F)c(F)c3)CC2)nc1-c1ccc(F)cc1. The number of anilines is 1. The Labute approximate surface area is 193 Å². The van der Waals surface area contributed by atoms with Gasteiger partial charge in [0.2, 0.25) is 15.9 Å². The molecule has 3 aromatic rings. The van der Waals surface area contributed by atoms with Crippen LogP contribution in [0.4, 0.5) is 18.3 Å². The molecule has 33 heavy (non-hydrogen) atoms. The number of halogens is 3. The normalized spacial score (nSPS) is 15.5. The van der Waals surface area contributed by atoms with Gasteiger partial charge >= 0.3 is 0 Å². The van der Waals surface area contributed by atoms with E-state index in [9.17, 15) is 26.4 Å². The van der Waals surface area contributed by atoms with Crippen molar-refractivity contribution in [1.82, 2.24) is 9.29 Å². The number of amides is 1. The number of piperidine rings is 1. The maximum atomic E-state index is 13.5. The number of sulfonamides is 1. The van der Waals surface area contributed by atoms with E-state index in [-0.39, 0.29) is 42.6 Å². The maximum absolute atomic E-state index is 13.5. The topological polar surface area (TPSA) is 79.4 Å². The first-order valence-corrected chi connectivity index (χ1v) is 12.4. The number of rotatable bonds is 5. The molecule has 174 valence electrons. The number of hydrogen-bond donors (Lipinski definition) is 1. The summed E-state index contributed by atoms with van der Waals surface area (Å²) in [4.78, 5) is 17.7. The molecule has 1 N–H and O–H groups in total. The number of carbonyl (C=O) groups excluding carboxylic acids is 1. The van der Waals surface area contributed by atoms with Crippen LogP contribution in [-0.2, 0) is 14.8 Å². The van der Waals surface area contributed by atoms with Crippen molar-refractivity contribution in [1.29, 1.82) is 0 Å². The zero-order chi connectivity index (χ0) is 23.8. The first-order valence-electron chi connectivity index (χ1n) is 10.1. The molecule has 0 atom stereocenters. The van der Waals surface area contributed by atoms with Gasteiger partial charge in [-0.05, 0) is 62.2 Å². The number of nitrogens with one attached hydrogen (secondary N) is 1. The number of aromatic nitrogens is 1. The Bertz CT molecular complexity index is 1290. The van der Waals surface area contributed by atoms with Crippen molar-refractivity contribution in [2.75, 3.05) is 18.4 Å². The number of hydrogen-bond acceptors (Lipinski definition) is 5. The third kappa shape index (κ3) is 4.94. The summed E-state index contributed by atoms with van der Waals surface area (Å²) in [6, 6.07) is 8.38. The minimum atomic E-state index is -3.99. The Morgan fingerprint density at radius 3 is 2.36 bits per heavy atom. The molecule has 0 bridgehead atoms. The molecule has 0 saturated carbocycles. The fourth-order valence-corrected chi connectivity index (χ4v) is 6.00. The van der Waals surface area contributed by atoms with Gasteiger partial charge < -0.3 is 5.32 Å². The molecule has 1 amide bonds. The highest BCUT2D eigenvalue weighted by molar-refractivity contribution is 7.89. The van der Waals surface area contributed by atoms with Gasteiger partial charge in [0, 0.05) is 29.4 Å². The van der Waals surface area contributed by atoms with Crippen LogP contribution >= 0.6 is 11.3 Å². The van der Waals surface area contributed by atoms with E-state index in [1.165, 1.54) is 27.8 Å². The van der Waals surface area contributed by atoms with Crippen molar-refractivity contribution in [2.24, 2.45) is 5.92 Å². The van der Waals surface area contributed by atoms with Crippen molar-refractivity contribution >= 4 is 32.4 Å². The molecule has 0 unspecified atom stereocenters. The van der Waals surface area contributed by atoms with Crippen LogP contribution in [0.2, 0.25) is 0 Å². The van der Waals surface area contributed by atoms with Crippen LogP contribution in [0.5, 0.6) is 0 Å². The fourth-order valence-electron chi connectivity index (χ4n) is 3.68. The molecule has 11 heteroatoms. The van der Waals surface area contributed by atoms with Crippen molar-refractivity contribution in [3.05, 3.63) is 64.8 Å². The Morgan fingerprint density at radius 1 is 1.06 bits per heavy atom. The number of benzene rings is 2. The number of thiazole rings is 1. The molecule has 2 heterocycles. The van der Waals surface area contributed by atoms with Gasteiger partial charge in [-0.25, -0.2) is 26.6 Å². The Kier molecular flexibility index (Phi) is 6.55. The van der Waals surface area contributed by atoms with Gasteiger partial charge in [0.25, 0.3) is 0 Å². The van der Waals surface area contributed by atoms with Crippen LogP contribution in [0, 0.1) is 30.3 Å². The first kappa shape index (κ1) is 23.4. The van der Waals surface area contributed by atoms with Crippen LogP contribution < -0.4 is 5.32 Å². The molecule has 0 aliphatic carbocycles. The molecule has 0 spiro atoms. The van der Waals surface area contributed by atoms with Gasteiger partial charge in [-0.15, -0.1) is 11.3 Å². The molecule has 6 nitrogen and oxygen atoms in total. The quantitative estimate of drug-likeness (QED) is 0.562. The second-order valence-electron chi connectivity index (χ2n) is 7.67. The smallest absolute Gasteiger partial charge is 0.243 e. The van der Waals surface area contributed by atoms with Crippen LogP contribution in [0.3, 0.4) is 0 Å². The van der Waals surface area contributed by atoms with Crippen LogP contribution in [0.15, 0.2) is 47.4 Å². The zero-order valence-corrected chi connectivity index (χ0v) is 19.1. The lowest BCUT2D eigenvalue weighted by Crippen LogP contribution is -2.41. The van der Waals surface area contributed by atoms with Crippen LogP contribution in [0.1, 0.15) is 17.7 Å². The second-order valence-corrected chi connectivity index (χ2v) is 10.8. The number of nitrogens with zero attached hydrogens (tertiary/aromatic N) is 2. The summed E-state index contributed by atoms with van der Waals surface area (Å²) in [5, 5.41) is 3.20. The summed E-state index contributed by atoms with van der Waals surface area (Å²) in [5.74, 6) is -3.38.